The van der Waals surface area contributed by atoms with E-state index in [2.05, 4.69) is 21.3 Å². The molecule has 0 atom stereocenters. The highest BCUT2D eigenvalue weighted by atomic mass is 15.1. The number of aromatic amines is 1. The molecule has 2 aromatic heterocycles. The van der Waals surface area contributed by atoms with E-state index in [9.17, 15) is 5.26 Å². The summed E-state index contributed by atoms with van der Waals surface area (Å²) in [4.78, 5) is 4.45. The Labute approximate surface area is 98.7 Å². The second-order valence-electron chi connectivity index (χ2n) is 5.57. The molecule has 2 fully saturated rings. The first-order valence-corrected chi connectivity index (χ1v) is 5.96. The molecule has 2 aliphatic carbocycles. The van der Waals surface area contributed by atoms with Crippen molar-refractivity contribution in [2.24, 2.45) is 5.41 Å². The lowest BCUT2D eigenvalue weighted by atomic mass is 9.58. The van der Waals surface area contributed by atoms with E-state index in [0.717, 1.165) is 29.4 Å². The SMILES string of the molecule is N#CC1(c2cc3[nH]ncc3cn2)CC2(CC2)C1. The van der Waals surface area contributed by atoms with Crippen LogP contribution < -0.4 is 0 Å². The molecule has 2 aliphatic rings. The highest BCUT2D eigenvalue weighted by Crippen LogP contribution is 2.68. The third-order valence-corrected chi connectivity index (χ3v) is 4.34. The summed E-state index contributed by atoms with van der Waals surface area (Å²) >= 11 is 0. The second kappa shape index (κ2) is 2.67. The van der Waals surface area contributed by atoms with Crippen LogP contribution >= 0.6 is 0 Å². The highest BCUT2D eigenvalue weighted by Gasteiger charge is 2.62. The van der Waals surface area contributed by atoms with Crippen molar-refractivity contribution < 1.29 is 0 Å². The Kier molecular flexibility index (Phi) is 1.44. The van der Waals surface area contributed by atoms with Gasteiger partial charge in [0.25, 0.3) is 0 Å². The molecule has 0 aliphatic heterocycles. The van der Waals surface area contributed by atoms with Gasteiger partial charge in [0.05, 0.1) is 23.5 Å². The van der Waals surface area contributed by atoms with Gasteiger partial charge in [0.15, 0.2) is 0 Å². The van der Waals surface area contributed by atoms with E-state index < -0.39 is 0 Å². The van der Waals surface area contributed by atoms with Crippen LogP contribution in [0.2, 0.25) is 0 Å². The van der Waals surface area contributed by atoms with Gasteiger partial charge in [-0.3, -0.25) is 10.1 Å². The van der Waals surface area contributed by atoms with Crippen LogP contribution in [0, 0.1) is 16.7 Å². The van der Waals surface area contributed by atoms with Crippen molar-refractivity contribution >= 4 is 10.9 Å². The van der Waals surface area contributed by atoms with Gasteiger partial charge < -0.3 is 0 Å². The Balaban J connectivity index is 1.80. The van der Waals surface area contributed by atoms with E-state index in [1.807, 2.05) is 12.3 Å². The van der Waals surface area contributed by atoms with Crippen molar-refractivity contribution in [1.82, 2.24) is 15.2 Å². The summed E-state index contributed by atoms with van der Waals surface area (Å²) in [6, 6.07) is 4.47. The second-order valence-corrected chi connectivity index (χ2v) is 5.57. The molecule has 1 N–H and O–H groups in total. The lowest BCUT2D eigenvalue weighted by Gasteiger charge is -2.42. The van der Waals surface area contributed by atoms with E-state index in [1.165, 1.54) is 12.8 Å². The number of nitrogens with one attached hydrogen (secondary N) is 1. The third-order valence-electron chi connectivity index (χ3n) is 4.34. The molecule has 84 valence electrons. The average Bonchev–Trinajstić information content (AvgIpc) is 2.95. The Bertz CT molecular complexity index is 637. The zero-order valence-electron chi connectivity index (χ0n) is 9.40. The van der Waals surface area contributed by atoms with Crippen LogP contribution in [0.3, 0.4) is 0 Å². The van der Waals surface area contributed by atoms with E-state index in [4.69, 9.17) is 0 Å². The first-order valence-electron chi connectivity index (χ1n) is 5.96. The lowest BCUT2D eigenvalue weighted by molar-refractivity contribution is 0.168. The molecule has 2 saturated carbocycles. The van der Waals surface area contributed by atoms with Crippen LogP contribution in [0.4, 0.5) is 0 Å². The predicted molar refractivity (Wildman–Crippen MR) is 62.1 cm³/mol. The Morgan fingerprint density at radius 2 is 2.12 bits per heavy atom. The maximum atomic E-state index is 9.46. The monoisotopic (exact) mass is 224 g/mol. The summed E-state index contributed by atoms with van der Waals surface area (Å²) in [7, 11) is 0. The minimum Gasteiger partial charge on any atom is -0.278 e. The number of nitrogens with zero attached hydrogens (tertiary/aromatic N) is 3. The maximum Gasteiger partial charge on any atom is 0.100 e. The number of aromatic nitrogens is 3. The van der Waals surface area contributed by atoms with Crippen molar-refractivity contribution in [2.45, 2.75) is 31.1 Å². The van der Waals surface area contributed by atoms with Crippen molar-refractivity contribution in [3.63, 3.8) is 0 Å². The van der Waals surface area contributed by atoms with Crippen LogP contribution in [-0.4, -0.2) is 15.2 Å². The van der Waals surface area contributed by atoms with Gasteiger partial charge in [-0.25, -0.2) is 0 Å². The summed E-state index contributed by atoms with van der Waals surface area (Å²) in [5.74, 6) is 0. The number of rotatable bonds is 1. The molecule has 4 rings (SSSR count). The van der Waals surface area contributed by atoms with Crippen LogP contribution in [-0.2, 0) is 5.41 Å². The molecular weight excluding hydrogens is 212 g/mol. The zero-order valence-corrected chi connectivity index (χ0v) is 9.40. The average molecular weight is 224 g/mol. The molecule has 0 unspecified atom stereocenters. The van der Waals surface area contributed by atoms with E-state index in [1.54, 1.807) is 6.20 Å². The minimum atomic E-state index is -0.337. The van der Waals surface area contributed by atoms with E-state index >= 15 is 0 Å². The molecule has 2 aromatic rings. The quantitative estimate of drug-likeness (QED) is 0.808. The van der Waals surface area contributed by atoms with Gasteiger partial charge in [-0.1, -0.05) is 0 Å². The van der Waals surface area contributed by atoms with Crippen LogP contribution in [0.5, 0.6) is 0 Å². The molecule has 1 spiro atoms. The Hall–Kier alpha value is -1.89. The fraction of sp³-hybridized carbons (Fsp3) is 0.462. The minimum absolute atomic E-state index is 0.337. The standard InChI is InChI=1S/C13H12N4/c14-8-13(6-12(7-13)1-2-12)11-3-10-9(4-15-11)5-16-17-10/h3-5H,1-2,6-7H2,(H,16,17). The van der Waals surface area contributed by atoms with Gasteiger partial charge in [0.2, 0.25) is 0 Å². The Morgan fingerprint density at radius 3 is 2.82 bits per heavy atom. The first kappa shape index (κ1) is 9.17. The number of hydrogen-bond donors (Lipinski definition) is 1. The summed E-state index contributed by atoms with van der Waals surface area (Å²) in [5, 5.41) is 17.4. The molecule has 4 heteroatoms. The van der Waals surface area contributed by atoms with Crippen LogP contribution in [0.15, 0.2) is 18.5 Å². The predicted octanol–water partition coefficient (Wildman–Crippen LogP) is 2.29. The number of pyridine rings is 1. The molecule has 0 bridgehead atoms. The first-order chi connectivity index (χ1) is 8.25. The number of H-pyrrole nitrogens is 1. The van der Waals surface area contributed by atoms with E-state index in [-0.39, 0.29) is 5.41 Å². The maximum absolute atomic E-state index is 9.46. The van der Waals surface area contributed by atoms with Crippen LogP contribution in [0.25, 0.3) is 10.9 Å². The van der Waals surface area contributed by atoms with Gasteiger partial charge in [0.1, 0.15) is 5.41 Å². The van der Waals surface area contributed by atoms with Crippen molar-refractivity contribution in [1.29, 1.82) is 5.26 Å². The Morgan fingerprint density at radius 1 is 1.29 bits per heavy atom. The summed E-state index contributed by atoms with van der Waals surface area (Å²) in [6.07, 6.45) is 8.14. The zero-order chi connectivity index (χ0) is 11.5. The highest BCUT2D eigenvalue weighted by molar-refractivity contribution is 5.77. The van der Waals surface area contributed by atoms with Crippen LogP contribution in [0.1, 0.15) is 31.4 Å². The van der Waals surface area contributed by atoms with Gasteiger partial charge in [-0.2, -0.15) is 10.4 Å². The number of hydrogen-bond acceptors (Lipinski definition) is 3. The lowest BCUT2D eigenvalue weighted by Crippen LogP contribution is -2.42. The smallest absolute Gasteiger partial charge is 0.100 e. The molecule has 0 radical (unpaired) electrons. The topological polar surface area (TPSA) is 65.4 Å². The summed E-state index contributed by atoms with van der Waals surface area (Å²) in [6.45, 7) is 0. The number of fused-ring (bicyclic) bond motifs is 1. The molecule has 0 saturated heterocycles. The number of nitriles is 1. The normalized spacial score (nSPS) is 23.2. The van der Waals surface area contributed by atoms with Gasteiger partial charge in [-0.15, -0.1) is 0 Å². The fourth-order valence-electron chi connectivity index (χ4n) is 3.18. The van der Waals surface area contributed by atoms with Gasteiger partial charge in [-0.05, 0) is 37.2 Å². The molecule has 0 amide bonds. The van der Waals surface area contributed by atoms with Gasteiger partial charge >= 0.3 is 0 Å². The molecule has 4 nitrogen and oxygen atoms in total. The third kappa shape index (κ3) is 1.11. The van der Waals surface area contributed by atoms with E-state index in [0.29, 0.717) is 5.41 Å². The van der Waals surface area contributed by atoms with Crippen molar-refractivity contribution in [3.05, 3.63) is 24.2 Å². The van der Waals surface area contributed by atoms with Gasteiger partial charge in [0, 0.05) is 11.6 Å². The van der Waals surface area contributed by atoms with Crippen molar-refractivity contribution in [2.75, 3.05) is 0 Å². The molecule has 0 aromatic carbocycles. The summed E-state index contributed by atoms with van der Waals surface area (Å²) in [5.41, 5.74) is 2.05. The fourth-order valence-corrected chi connectivity index (χ4v) is 3.18. The largest absolute Gasteiger partial charge is 0.278 e. The molecule has 2 heterocycles. The van der Waals surface area contributed by atoms with Crippen molar-refractivity contribution in [3.8, 4) is 6.07 Å². The summed E-state index contributed by atoms with van der Waals surface area (Å²) < 4.78 is 0. The molecule has 17 heavy (non-hydrogen) atoms. The molecular formula is C13H12N4.